The molecular weight excluding hydrogens is 304 g/mol. The molecule has 0 aromatic heterocycles. The van der Waals surface area contributed by atoms with Crippen LogP contribution in [0.3, 0.4) is 0 Å². The van der Waals surface area contributed by atoms with Crippen LogP contribution in [0.4, 0.5) is 5.69 Å². The van der Waals surface area contributed by atoms with E-state index in [1.54, 1.807) is 0 Å². The first-order chi connectivity index (χ1) is 11.0. The minimum Gasteiger partial charge on any atom is -0.482 e. The lowest BCUT2D eigenvalue weighted by atomic mass is 10.2. The van der Waals surface area contributed by atoms with Gasteiger partial charge in [-0.1, -0.05) is 12.8 Å². The molecule has 1 fully saturated rings. The molecule has 0 aliphatic heterocycles. The molecule has 0 bridgehead atoms. The van der Waals surface area contributed by atoms with E-state index in [2.05, 4.69) is 5.32 Å². The molecule has 1 aliphatic rings. The van der Waals surface area contributed by atoms with Crippen LogP contribution in [0.25, 0.3) is 0 Å². The van der Waals surface area contributed by atoms with E-state index in [9.17, 15) is 19.7 Å². The average molecular weight is 322 g/mol. The number of non-ortho nitro benzene ring substituents is 1. The maximum absolute atomic E-state index is 11.6. The number of nitro benzene ring substituents is 1. The molecule has 124 valence electrons. The lowest BCUT2D eigenvalue weighted by Gasteiger charge is -2.12. The van der Waals surface area contributed by atoms with E-state index in [0.29, 0.717) is 5.75 Å². The molecule has 1 saturated carbocycles. The summed E-state index contributed by atoms with van der Waals surface area (Å²) in [5.41, 5.74) is -0.0662. The van der Waals surface area contributed by atoms with Crippen LogP contribution in [-0.2, 0) is 14.3 Å². The fourth-order valence-corrected chi connectivity index (χ4v) is 2.33. The molecule has 0 spiro atoms. The number of nitrogens with zero attached hydrogens (tertiary/aromatic N) is 1. The Kier molecular flexibility index (Phi) is 5.90. The Labute approximate surface area is 132 Å². The van der Waals surface area contributed by atoms with E-state index < -0.39 is 10.9 Å². The third-order valence-corrected chi connectivity index (χ3v) is 3.49. The molecule has 1 amide bonds. The summed E-state index contributed by atoms with van der Waals surface area (Å²) >= 11 is 0. The van der Waals surface area contributed by atoms with E-state index >= 15 is 0 Å². The van der Waals surface area contributed by atoms with E-state index in [0.717, 1.165) is 25.7 Å². The molecular formula is C15H18N2O6. The molecule has 1 aromatic carbocycles. The van der Waals surface area contributed by atoms with Gasteiger partial charge in [0.2, 0.25) is 0 Å². The second kappa shape index (κ2) is 8.11. The Morgan fingerprint density at radius 3 is 2.43 bits per heavy atom. The third-order valence-electron chi connectivity index (χ3n) is 3.49. The van der Waals surface area contributed by atoms with Gasteiger partial charge in [0.1, 0.15) is 5.75 Å². The second-order valence-electron chi connectivity index (χ2n) is 5.25. The van der Waals surface area contributed by atoms with Crippen molar-refractivity contribution in [2.24, 2.45) is 0 Å². The maximum Gasteiger partial charge on any atom is 0.344 e. The third kappa shape index (κ3) is 5.57. The van der Waals surface area contributed by atoms with Gasteiger partial charge in [0, 0.05) is 18.2 Å². The molecule has 23 heavy (non-hydrogen) atoms. The van der Waals surface area contributed by atoms with Crippen molar-refractivity contribution < 1.29 is 24.0 Å². The number of hydrogen-bond acceptors (Lipinski definition) is 6. The number of ether oxygens (including phenoxy) is 2. The highest BCUT2D eigenvalue weighted by Gasteiger charge is 2.18. The van der Waals surface area contributed by atoms with Crippen LogP contribution in [-0.4, -0.2) is 36.1 Å². The van der Waals surface area contributed by atoms with Gasteiger partial charge in [-0.2, -0.15) is 0 Å². The smallest absolute Gasteiger partial charge is 0.344 e. The number of amides is 1. The Balaban J connectivity index is 1.66. The average Bonchev–Trinajstić information content (AvgIpc) is 3.04. The standard InChI is InChI=1S/C15H18N2O6/c18-14(16-11-3-1-2-4-11)9-23-15(19)10-22-13-7-5-12(6-8-13)17(20)21/h5-8,11H,1-4,9-10H2,(H,16,18). The van der Waals surface area contributed by atoms with E-state index in [1.807, 2.05) is 0 Å². The zero-order chi connectivity index (χ0) is 16.7. The first-order valence-electron chi connectivity index (χ1n) is 7.37. The first-order valence-corrected chi connectivity index (χ1v) is 7.37. The summed E-state index contributed by atoms with van der Waals surface area (Å²) in [6.45, 7) is -0.701. The number of benzene rings is 1. The summed E-state index contributed by atoms with van der Waals surface area (Å²) in [4.78, 5) is 33.1. The molecule has 0 radical (unpaired) electrons. The van der Waals surface area contributed by atoms with Crippen molar-refractivity contribution in [3.05, 3.63) is 34.4 Å². The molecule has 8 nitrogen and oxygen atoms in total. The van der Waals surface area contributed by atoms with E-state index in [4.69, 9.17) is 9.47 Å². The Morgan fingerprint density at radius 2 is 1.83 bits per heavy atom. The lowest BCUT2D eigenvalue weighted by molar-refractivity contribution is -0.384. The van der Waals surface area contributed by atoms with Crippen LogP contribution >= 0.6 is 0 Å². The SMILES string of the molecule is O=C(COC(=O)COc1ccc([N+](=O)[O-])cc1)NC1CCCC1. The molecule has 8 heteroatoms. The Morgan fingerprint density at radius 1 is 1.17 bits per heavy atom. The fraction of sp³-hybridized carbons (Fsp3) is 0.467. The molecule has 0 atom stereocenters. The van der Waals surface area contributed by atoms with Gasteiger partial charge in [-0.05, 0) is 25.0 Å². The van der Waals surface area contributed by atoms with E-state index in [1.165, 1.54) is 24.3 Å². The fourth-order valence-electron chi connectivity index (χ4n) is 2.33. The van der Waals surface area contributed by atoms with Crippen molar-refractivity contribution >= 4 is 17.6 Å². The molecule has 1 aromatic rings. The van der Waals surface area contributed by atoms with Gasteiger partial charge in [0.25, 0.3) is 11.6 Å². The number of carbonyl (C=O) groups excluding carboxylic acids is 2. The molecule has 0 heterocycles. The summed E-state index contributed by atoms with van der Waals surface area (Å²) < 4.78 is 9.95. The highest BCUT2D eigenvalue weighted by molar-refractivity contribution is 5.81. The number of esters is 1. The summed E-state index contributed by atoms with van der Waals surface area (Å²) in [6.07, 6.45) is 4.13. The van der Waals surface area contributed by atoms with Gasteiger partial charge in [-0.3, -0.25) is 14.9 Å². The molecule has 2 rings (SSSR count). The van der Waals surface area contributed by atoms with Crippen molar-refractivity contribution in [1.29, 1.82) is 0 Å². The van der Waals surface area contributed by atoms with Crippen molar-refractivity contribution in [2.45, 2.75) is 31.7 Å². The van der Waals surface area contributed by atoms with Gasteiger partial charge in [0.05, 0.1) is 4.92 Å². The Bertz CT molecular complexity index is 566. The zero-order valence-corrected chi connectivity index (χ0v) is 12.5. The van der Waals surface area contributed by atoms with Crippen molar-refractivity contribution in [1.82, 2.24) is 5.32 Å². The highest BCUT2D eigenvalue weighted by Crippen LogP contribution is 2.18. The molecule has 1 N–H and O–H groups in total. The van der Waals surface area contributed by atoms with Crippen LogP contribution in [0.1, 0.15) is 25.7 Å². The van der Waals surface area contributed by atoms with Crippen molar-refractivity contribution in [2.75, 3.05) is 13.2 Å². The summed E-state index contributed by atoms with van der Waals surface area (Å²) in [6, 6.07) is 5.50. The largest absolute Gasteiger partial charge is 0.482 e. The van der Waals surface area contributed by atoms with Gasteiger partial charge >= 0.3 is 5.97 Å². The van der Waals surface area contributed by atoms with Crippen LogP contribution in [0.2, 0.25) is 0 Å². The van der Waals surface area contributed by atoms with Gasteiger partial charge < -0.3 is 14.8 Å². The summed E-state index contributed by atoms with van der Waals surface area (Å²) in [7, 11) is 0. The van der Waals surface area contributed by atoms with Gasteiger partial charge in [0.15, 0.2) is 13.2 Å². The number of carbonyl (C=O) groups is 2. The molecule has 0 saturated heterocycles. The van der Waals surface area contributed by atoms with Gasteiger partial charge in [-0.15, -0.1) is 0 Å². The van der Waals surface area contributed by atoms with Crippen molar-refractivity contribution in [3.63, 3.8) is 0 Å². The van der Waals surface area contributed by atoms with Crippen molar-refractivity contribution in [3.8, 4) is 5.75 Å². The quantitative estimate of drug-likeness (QED) is 0.464. The molecule has 0 unspecified atom stereocenters. The predicted octanol–water partition coefficient (Wildman–Crippen LogP) is 1.58. The topological polar surface area (TPSA) is 108 Å². The minimum absolute atomic E-state index is 0.0662. The highest BCUT2D eigenvalue weighted by atomic mass is 16.6. The monoisotopic (exact) mass is 322 g/mol. The normalized spacial score (nSPS) is 14.3. The zero-order valence-electron chi connectivity index (χ0n) is 12.5. The van der Waals surface area contributed by atoms with E-state index in [-0.39, 0.29) is 30.9 Å². The number of rotatable bonds is 7. The maximum atomic E-state index is 11.6. The number of nitrogens with one attached hydrogen (secondary N) is 1. The lowest BCUT2D eigenvalue weighted by Crippen LogP contribution is -2.36. The summed E-state index contributed by atoms with van der Waals surface area (Å²) in [5, 5.41) is 13.3. The van der Waals surface area contributed by atoms with Crippen LogP contribution in [0.5, 0.6) is 5.75 Å². The summed E-state index contributed by atoms with van der Waals surface area (Å²) in [5.74, 6) is -0.687. The minimum atomic E-state index is -0.676. The molecule has 1 aliphatic carbocycles. The Hall–Kier alpha value is -2.64. The first kappa shape index (κ1) is 16.7. The van der Waals surface area contributed by atoms with Gasteiger partial charge in [-0.25, -0.2) is 4.79 Å². The van der Waals surface area contributed by atoms with Crippen LogP contribution in [0.15, 0.2) is 24.3 Å². The predicted molar refractivity (Wildman–Crippen MR) is 79.9 cm³/mol. The van der Waals surface area contributed by atoms with Crippen LogP contribution < -0.4 is 10.1 Å². The second-order valence-corrected chi connectivity index (χ2v) is 5.25. The van der Waals surface area contributed by atoms with Crippen LogP contribution in [0, 0.1) is 10.1 Å². The number of nitro groups is 1. The number of hydrogen-bond donors (Lipinski definition) is 1.